The molecule has 2 aromatic rings. The van der Waals surface area contributed by atoms with Gasteiger partial charge in [0.2, 0.25) is 0 Å². The summed E-state index contributed by atoms with van der Waals surface area (Å²) < 4.78 is 5.15. The zero-order chi connectivity index (χ0) is 21.1. The summed E-state index contributed by atoms with van der Waals surface area (Å²) in [6.45, 7) is 0. The van der Waals surface area contributed by atoms with E-state index in [0.717, 1.165) is 16.8 Å². The Balaban J connectivity index is 1.80. The Bertz CT molecular complexity index is 1060. The summed E-state index contributed by atoms with van der Waals surface area (Å²) in [7, 11) is 1.51. The minimum Gasteiger partial charge on any atom is -0.497 e. The highest BCUT2D eigenvalue weighted by Crippen LogP contribution is 2.33. The third-order valence-electron chi connectivity index (χ3n) is 3.84. The molecule has 1 N–H and O–H groups in total. The van der Waals surface area contributed by atoms with Crippen LogP contribution in [0, 0.1) is 10.1 Å². The molecule has 0 spiro atoms. The summed E-state index contributed by atoms with van der Waals surface area (Å²) in [5, 5.41) is 12.1. The van der Waals surface area contributed by atoms with Crippen LogP contribution in [0.4, 0.5) is 5.69 Å². The first-order chi connectivity index (χ1) is 13.8. The highest BCUT2D eigenvalue weighted by atomic mass is 35.5. The third-order valence-corrected chi connectivity index (χ3v) is 5.48. The van der Waals surface area contributed by atoms with Crippen LogP contribution in [-0.4, -0.2) is 33.2 Å². The number of amides is 2. The average Bonchev–Trinajstić information content (AvgIpc) is 2.96. The normalized spacial score (nSPS) is 15.0. The van der Waals surface area contributed by atoms with Gasteiger partial charge in [0.25, 0.3) is 17.5 Å². The number of hydrogen-bond acceptors (Lipinski definition) is 7. The number of nitro benzene ring substituents is 1. The molecule has 0 atom stereocenters. The first-order valence-corrected chi connectivity index (χ1v) is 9.57. The summed E-state index contributed by atoms with van der Waals surface area (Å²) in [5.74, 6) is -0.507. The van der Waals surface area contributed by atoms with Crippen molar-refractivity contribution in [2.45, 2.75) is 0 Å². The lowest BCUT2D eigenvalue weighted by molar-refractivity contribution is -0.384. The van der Waals surface area contributed by atoms with Gasteiger partial charge in [-0.3, -0.25) is 25.1 Å². The molecule has 1 aliphatic heterocycles. The number of carbonyl (C=O) groups is 2. The van der Waals surface area contributed by atoms with E-state index < -0.39 is 16.7 Å². The van der Waals surface area contributed by atoms with E-state index in [9.17, 15) is 19.7 Å². The summed E-state index contributed by atoms with van der Waals surface area (Å²) in [5.41, 5.74) is 2.89. The van der Waals surface area contributed by atoms with Gasteiger partial charge in [-0.15, -0.1) is 0 Å². The summed E-state index contributed by atoms with van der Waals surface area (Å²) >= 11 is 12.2. The van der Waals surface area contributed by atoms with E-state index in [-0.39, 0.29) is 19.9 Å². The van der Waals surface area contributed by atoms with Crippen LogP contribution in [0.1, 0.15) is 15.9 Å². The van der Waals surface area contributed by atoms with Gasteiger partial charge in [-0.2, -0.15) is 5.01 Å². The maximum absolute atomic E-state index is 12.7. The molecule has 11 heteroatoms. The van der Waals surface area contributed by atoms with Crippen molar-refractivity contribution in [2.24, 2.45) is 0 Å². The van der Waals surface area contributed by atoms with Crippen molar-refractivity contribution in [1.29, 1.82) is 0 Å². The molecule has 0 saturated carbocycles. The smallest absolute Gasteiger partial charge is 0.285 e. The zero-order valence-corrected chi connectivity index (χ0v) is 17.1. The number of methoxy groups -OCH3 is 1. The Morgan fingerprint density at radius 3 is 2.62 bits per heavy atom. The summed E-state index contributed by atoms with van der Waals surface area (Å²) in [6, 6.07) is 10.2. The minimum atomic E-state index is -0.565. The van der Waals surface area contributed by atoms with Gasteiger partial charge >= 0.3 is 0 Å². The fourth-order valence-corrected chi connectivity index (χ4v) is 3.71. The first kappa shape index (κ1) is 20.8. The predicted molar refractivity (Wildman–Crippen MR) is 114 cm³/mol. The van der Waals surface area contributed by atoms with E-state index in [1.165, 1.54) is 31.4 Å². The quantitative estimate of drug-likeness (QED) is 0.320. The Labute approximate surface area is 179 Å². The van der Waals surface area contributed by atoms with Crippen molar-refractivity contribution in [2.75, 3.05) is 7.11 Å². The number of thiocarbonyl (C=S) groups is 1. The Kier molecular flexibility index (Phi) is 6.16. The molecule has 0 aromatic heterocycles. The molecule has 0 aliphatic carbocycles. The number of carbonyl (C=O) groups excluding carboxylic acids is 2. The van der Waals surface area contributed by atoms with Crippen LogP contribution >= 0.6 is 35.6 Å². The lowest BCUT2D eigenvalue weighted by Gasteiger charge is -2.15. The zero-order valence-electron chi connectivity index (χ0n) is 14.7. The molecular weight excluding hydrogens is 438 g/mol. The predicted octanol–water partition coefficient (Wildman–Crippen LogP) is 3.80. The maximum atomic E-state index is 12.7. The van der Waals surface area contributed by atoms with Gasteiger partial charge in [0.1, 0.15) is 5.75 Å². The molecule has 2 aromatic carbocycles. The number of benzene rings is 2. The molecule has 1 aliphatic rings. The van der Waals surface area contributed by atoms with E-state index in [1.807, 2.05) is 0 Å². The van der Waals surface area contributed by atoms with Crippen LogP contribution in [0.3, 0.4) is 0 Å². The molecular formula is C18H12ClN3O5S2. The molecule has 1 heterocycles. The first-order valence-electron chi connectivity index (χ1n) is 7.97. The molecule has 1 fully saturated rings. The average molecular weight is 450 g/mol. The summed E-state index contributed by atoms with van der Waals surface area (Å²) in [6.07, 6.45) is 1.40. The van der Waals surface area contributed by atoms with Crippen molar-refractivity contribution < 1.29 is 19.2 Å². The van der Waals surface area contributed by atoms with Crippen molar-refractivity contribution in [3.05, 3.63) is 73.6 Å². The van der Waals surface area contributed by atoms with E-state index in [1.54, 1.807) is 24.3 Å². The Morgan fingerprint density at radius 2 is 2.00 bits per heavy atom. The highest BCUT2D eigenvalue weighted by molar-refractivity contribution is 8.26. The van der Waals surface area contributed by atoms with Crippen LogP contribution in [0.2, 0.25) is 5.02 Å². The van der Waals surface area contributed by atoms with Gasteiger partial charge in [0, 0.05) is 28.3 Å². The highest BCUT2D eigenvalue weighted by Gasteiger charge is 2.34. The molecule has 0 radical (unpaired) electrons. The van der Waals surface area contributed by atoms with E-state index in [0.29, 0.717) is 16.9 Å². The lowest BCUT2D eigenvalue weighted by atomic mass is 10.2. The van der Waals surface area contributed by atoms with Crippen molar-refractivity contribution in [3.8, 4) is 5.75 Å². The molecule has 0 bridgehead atoms. The fourth-order valence-electron chi connectivity index (χ4n) is 2.37. The van der Waals surface area contributed by atoms with Crippen LogP contribution < -0.4 is 10.2 Å². The van der Waals surface area contributed by atoms with Crippen LogP contribution in [0.15, 0.2) is 47.4 Å². The molecule has 1 saturated heterocycles. The molecule has 8 nitrogen and oxygen atoms in total. The van der Waals surface area contributed by atoms with E-state index in [2.05, 4.69) is 5.43 Å². The third kappa shape index (κ3) is 4.56. The number of hydrogen-bond donors (Lipinski definition) is 1. The number of halogens is 1. The topological polar surface area (TPSA) is 102 Å². The number of hydrazine groups is 1. The van der Waals surface area contributed by atoms with Crippen LogP contribution in [0.5, 0.6) is 5.75 Å². The van der Waals surface area contributed by atoms with E-state index in [4.69, 9.17) is 28.6 Å². The number of nitrogens with zero attached hydrogens (tertiary/aromatic N) is 2. The number of nitrogens with one attached hydrogen (secondary N) is 1. The van der Waals surface area contributed by atoms with Gasteiger partial charge in [-0.05, 0) is 48.6 Å². The van der Waals surface area contributed by atoms with Crippen LogP contribution in [-0.2, 0) is 4.79 Å². The van der Waals surface area contributed by atoms with Crippen molar-refractivity contribution >= 4 is 63.5 Å². The molecule has 0 unspecified atom stereocenters. The number of thioether (sulfide) groups is 1. The Morgan fingerprint density at radius 1 is 1.31 bits per heavy atom. The number of ether oxygens (including phenoxy) is 1. The van der Waals surface area contributed by atoms with Crippen LogP contribution in [0.25, 0.3) is 6.08 Å². The number of non-ortho nitro benzene ring substituents is 1. The lowest BCUT2D eigenvalue weighted by Crippen LogP contribution is -2.44. The molecule has 2 amide bonds. The maximum Gasteiger partial charge on any atom is 0.285 e. The second-order valence-electron chi connectivity index (χ2n) is 5.65. The summed E-state index contributed by atoms with van der Waals surface area (Å²) in [4.78, 5) is 35.6. The molecule has 29 heavy (non-hydrogen) atoms. The Hall–Kier alpha value is -2.95. The van der Waals surface area contributed by atoms with Gasteiger partial charge < -0.3 is 4.74 Å². The largest absolute Gasteiger partial charge is 0.497 e. The minimum absolute atomic E-state index is 0.115. The van der Waals surface area contributed by atoms with Crippen molar-refractivity contribution in [1.82, 2.24) is 10.4 Å². The SMILES string of the molecule is COc1ccc(C(=O)NN2C(=O)/C(=C/c3cc([N+](=O)[O-])ccc3Cl)SC2=S)cc1. The number of rotatable bonds is 5. The number of nitro groups is 1. The second-order valence-corrected chi connectivity index (χ2v) is 7.73. The van der Waals surface area contributed by atoms with Gasteiger partial charge in [0.05, 0.1) is 16.9 Å². The second kappa shape index (κ2) is 8.60. The van der Waals surface area contributed by atoms with Gasteiger partial charge in [-0.25, -0.2) is 0 Å². The fraction of sp³-hybridized carbons (Fsp3) is 0.0556. The molecule has 148 valence electrons. The van der Waals surface area contributed by atoms with Crippen molar-refractivity contribution in [3.63, 3.8) is 0 Å². The van der Waals surface area contributed by atoms with Gasteiger partial charge in [-0.1, -0.05) is 23.4 Å². The monoisotopic (exact) mass is 449 g/mol. The standard InChI is InChI=1S/C18H12ClN3O5S2/c1-27-13-5-2-10(3-6-13)16(23)20-21-17(24)15(29-18(21)28)9-11-8-12(22(25)26)4-7-14(11)19/h2-9H,1H3,(H,20,23)/b15-9-. The molecule has 3 rings (SSSR count). The van der Waals surface area contributed by atoms with Gasteiger partial charge in [0.15, 0.2) is 4.32 Å². The van der Waals surface area contributed by atoms with E-state index >= 15 is 0 Å².